The summed E-state index contributed by atoms with van der Waals surface area (Å²) in [4.78, 5) is 0. The third kappa shape index (κ3) is 3.10. The molecular formula is C16H23NO2. The van der Waals surface area contributed by atoms with E-state index in [0.717, 1.165) is 32.1 Å². The van der Waals surface area contributed by atoms with Gasteiger partial charge in [0, 0.05) is 19.3 Å². The van der Waals surface area contributed by atoms with Gasteiger partial charge in [0.15, 0.2) is 0 Å². The molecule has 0 spiro atoms. The first-order valence-electron chi connectivity index (χ1n) is 7.46. The number of aryl methyl sites for hydroxylation is 1. The van der Waals surface area contributed by atoms with Crippen molar-refractivity contribution in [1.82, 2.24) is 5.32 Å². The maximum absolute atomic E-state index is 9.56. The van der Waals surface area contributed by atoms with Gasteiger partial charge in [0.2, 0.25) is 0 Å². The number of rotatable bonds is 4. The molecule has 0 radical (unpaired) electrons. The van der Waals surface area contributed by atoms with Crippen LogP contribution in [0.2, 0.25) is 0 Å². The summed E-state index contributed by atoms with van der Waals surface area (Å²) in [7, 11) is 0. The average Bonchev–Trinajstić information content (AvgIpc) is 2.92. The summed E-state index contributed by atoms with van der Waals surface area (Å²) >= 11 is 0. The van der Waals surface area contributed by atoms with Gasteiger partial charge >= 0.3 is 0 Å². The van der Waals surface area contributed by atoms with E-state index in [2.05, 4.69) is 11.4 Å². The van der Waals surface area contributed by atoms with E-state index in [-0.39, 0.29) is 0 Å². The molecule has 19 heavy (non-hydrogen) atoms. The second-order valence-electron chi connectivity index (χ2n) is 5.80. The van der Waals surface area contributed by atoms with Crippen molar-refractivity contribution in [3.05, 3.63) is 29.3 Å². The largest absolute Gasteiger partial charge is 0.508 e. The van der Waals surface area contributed by atoms with Crippen LogP contribution in [-0.4, -0.2) is 24.9 Å². The van der Waals surface area contributed by atoms with Gasteiger partial charge < -0.3 is 15.2 Å². The van der Waals surface area contributed by atoms with Crippen LogP contribution < -0.4 is 5.32 Å². The minimum absolute atomic E-state index is 0.391. The Labute approximate surface area is 115 Å². The van der Waals surface area contributed by atoms with Crippen molar-refractivity contribution >= 4 is 0 Å². The van der Waals surface area contributed by atoms with E-state index in [4.69, 9.17) is 4.74 Å². The lowest BCUT2D eigenvalue weighted by Crippen LogP contribution is -2.27. The highest BCUT2D eigenvalue weighted by atomic mass is 16.5. The molecule has 1 aliphatic carbocycles. The van der Waals surface area contributed by atoms with E-state index in [9.17, 15) is 5.11 Å². The normalized spacial score (nSPS) is 26.3. The van der Waals surface area contributed by atoms with E-state index in [1.807, 2.05) is 12.1 Å². The van der Waals surface area contributed by atoms with E-state index in [1.165, 1.54) is 36.8 Å². The summed E-state index contributed by atoms with van der Waals surface area (Å²) in [6, 6.07) is 6.28. The Morgan fingerprint density at radius 2 is 2.26 bits per heavy atom. The number of phenolic OH excluding ortho intramolecular Hbond substituents is 1. The van der Waals surface area contributed by atoms with Gasteiger partial charge in [-0.3, -0.25) is 0 Å². The van der Waals surface area contributed by atoms with Crippen LogP contribution in [0, 0.1) is 5.92 Å². The van der Waals surface area contributed by atoms with E-state index >= 15 is 0 Å². The molecule has 2 N–H and O–H groups in total. The summed E-state index contributed by atoms with van der Waals surface area (Å²) in [5.74, 6) is 1.14. The molecule has 1 heterocycles. The van der Waals surface area contributed by atoms with Crippen molar-refractivity contribution in [3.63, 3.8) is 0 Å². The van der Waals surface area contributed by atoms with Crippen molar-refractivity contribution in [2.45, 2.75) is 38.1 Å². The molecule has 2 unspecified atom stereocenters. The fourth-order valence-corrected chi connectivity index (χ4v) is 3.29. The van der Waals surface area contributed by atoms with Crippen molar-refractivity contribution in [1.29, 1.82) is 0 Å². The summed E-state index contributed by atoms with van der Waals surface area (Å²) in [6.07, 6.45) is 5.94. The van der Waals surface area contributed by atoms with Gasteiger partial charge in [-0.05, 0) is 67.8 Å². The maximum Gasteiger partial charge on any atom is 0.115 e. The Hall–Kier alpha value is -1.06. The van der Waals surface area contributed by atoms with E-state index in [1.54, 1.807) is 0 Å². The molecule has 2 atom stereocenters. The molecule has 2 aliphatic rings. The fourth-order valence-electron chi connectivity index (χ4n) is 3.29. The molecule has 0 amide bonds. The van der Waals surface area contributed by atoms with Crippen molar-refractivity contribution < 1.29 is 9.84 Å². The van der Waals surface area contributed by atoms with Crippen molar-refractivity contribution in [2.75, 3.05) is 19.8 Å². The molecular weight excluding hydrogens is 238 g/mol. The number of phenols is 1. The first-order valence-corrected chi connectivity index (χ1v) is 7.46. The smallest absolute Gasteiger partial charge is 0.115 e. The first-order chi connectivity index (χ1) is 9.33. The van der Waals surface area contributed by atoms with E-state index in [0.29, 0.717) is 11.8 Å². The van der Waals surface area contributed by atoms with Crippen LogP contribution in [0.5, 0.6) is 5.75 Å². The highest BCUT2D eigenvalue weighted by molar-refractivity contribution is 5.38. The van der Waals surface area contributed by atoms with Gasteiger partial charge in [-0.1, -0.05) is 6.07 Å². The van der Waals surface area contributed by atoms with Crippen LogP contribution in [-0.2, 0) is 11.2 Å². The number of hydrogen-bond donors (Lipinski definition) is 2. The standard InChI is InChI=1S/C16H23NO2/c18-14-4-5-15-13(10-14)2-1-3-16(15)17-8-6-12-7-9-19-11-12/h4-5,10,12,16-18H,1-3,6-9,11H2. The third-order valence-electron chi connectivity index (χ3n) is 4.41. The van der Waals surface area contributed by atoms with Crippen LogP contribution in [0.25, 0.3) is 0 Å². The SMILES string of the molecule is Oc1ccc2c(c1)CCCC2NCCC1CCOC1. The third-order valence-corrected chi connectivity index (χ3v) is 4.41. The topological polar surface area (TPSA) is 41.5 Å². The first kappa shape index (κ1) is 12.9. The molecule has 104 valence electrons. The summed E-state index contributed by atoms with van der Waals surface area (Å²) < 4.78 is 5.41. The fraction of sp³-hybridized carbons (Fsp3) is 0.625. The zero-order valence-corrected chi connectivity index (χ0v) is 11.4. The van der Waals surface area contributed by atoms with Crippen LogP contribution >= 0.6 is 0 Å². The molecule has 3 heteroatoms. The molecule has 1 aromatic carbocycles. The Kier molecular flexibility index (Phi) is 4.04. The Bertz CT molecular complexity index is 427. The Morgan fingerprint density at radius 1 is 1.32 bits per heavy atom. The number of aromatic hydroxyl groups is 1. The number of benzene rings is 1. The quantitative estimate of drug-likeness (QED) is 0.875. The second kappa shape index (κ2) is 5.93. The molecule has 3 rings (SSSR count). The highest BCUT2D eigenvalue weighted by Gasteiger charge is 2.21. The molecule has 1 saturated heterocycles. The molecule has 1 fully saturated rings. The summed E-state index contributed by atoms with van der Waals surface area (Å²) in [6.45, 7) is 2.95. The van der Waals surface area contributed by atoms with Crippen LogP contribution in [0.4, 0.5) is 0 Å². The average molecular weight is 261 g/mol. The lowest BCUT2D eigenvalue weighted by Gasteiger charge is -2.27. The predicted octanol–water partition coefficient (Wildman–Crippen LogP) is 2.79. The molecule has 0 bridgehead atoms. The van der Waals surface area contributed by atoms with Crippen molar-refractivity contribution in [3.8, 4) is 5.75 Å². The predicted molar refractivity (Wildman–Crippen MR) is 75.3 cm³/mol. The molecule has 0 saturated carbocycles. The van der Waals surface area contributed by atoms with Crippen LogP contribution in [0.1, 0.15) is 42.9 Å². The number of nitrogens with one attached hydrogen (secondary N) is 1. The van der Waals surface area contributed by atoms with Crippen LogP contribution in [0.3, 0.4) is 0 Å². The zero-order valence-electron chi connectivity index (χ0n) is 11.4. The summed E-state index contributed by atoms with van der Waals surface area (Å²) in [5, 5.41) is 13.2. The second-order valence-corrected chi connectivity index (χ2v) is 5.80. The Morgan fingerprint density at radius 3 is 3.11 bits per heavy atom. The number of ether oxygens (including phenoxy) is 1. The zero-order chi connectivity index (χ0) is 13.1. The molecule has 1 aliphatic heterocycles. The highest BCUT2D eigenvalue weighted by Crippen LogP contribution is 2.32. The number of hydrogen-bond acceptors (Lipinski definition) is 3. The minimum Gasteiger partial charge on any atom is -0.508 e. The molecule has 0 aromatic heterocycles. The van der Waals surface area contributed by atoms with E-state index < -0.39 is 0 Å². The van der Waals surface area contributed by atoms with Gasteiger partial charge in [0.25, 0.3) is 0 Å². The van der Waals surface area contributed by atoms with Gasteiger partial charge in [0.1, 0.15) is 5.75 Å². The number of fused-ring (bicyclic) bond motifs is 1. The monoisotopic (exact) mass is 261 g/mol. The molecule has 1 aromatic rings. The van der Waals surface area contributed by atoms with Crippen LogP contribution in [0.15, 0.2) is 18.2 Å². The van der Waals surface area contributed by atoms with Gasteiger partial charge in [-0.25, -0.2) is 0 Å². The maximum atomic E-state index is 9.56. The van der Waals surface area contributed by atoms with Crippen molar-refractivity contribution in [2.24, 2.45) is 5.92 Å². The minimum atomic E-state index is 0.391. The van der Waals surface area contributed by atoms with Gasteiger partial charge in [0.05, 0.1) is 0 Å². The summed E-state index contributed by atoms with van der Waals surface area (Å²) in [5.41, 5.74) is 2.69. The lowest BCUT2D eigenvalue weighted by atomic mass is 9.87. The van der Waals surface area contributed by atoms with Gasteiger partial charge in [-0.2, -0.15) is 0 Å². The lowest BCUT2D eigenvalue weighted by molar-refractivity contribution is 0.184. The molecule has 3 nitrogen and oxygen atoms in total. The van der Waals surface area contributed by atoms with Gasteiger partial charge in [-0.15, -0.1) is 0 Å². The Balaban J connectivity index is 1.57.